The zero-order chi connectivity index (χ0) is 14.0. The highest BCUT2D eigenvalue weighted by atomic mass is 16.7. The first-order valence-corrected chi connectivity index (χ1v) is 6.17. The van der Waals surface area contributed by atoms with Crippen molar-refractivity contribution >= 4 is 5.97 Å². The molecule has 102 valence electrons. The molecular weight excluding hydrogens is 234 g/mol. The van der Waals surface area contributed by atoms with Gasteiger partial charge >= 0.3 is 5.97 Å². The van der Waals surface area contributed by atoms with Gasteiger partial charge in [-0.05, 0) is 19.8 Å². The first kappa shape index (κ1) is 14.9. The third-order valence-electron chi connectivity index (χ3n) is 3.29. The quantitative estimate of drug-likeness (QED) is 0.833. The molecule has 1 aliphatic heterocycles. The van der Waals surface area contributed by atoms with Crippen LogP contribution in [0.4, 0.5) is 0 Å². The average molecular weight is 255 g/mol. The molecule has 0 bridgehead atoms. The number of carboxylic acid groups (broad SMARTS) is 1. The fraction of sp³-hybridized carbons (Fsp3) is 0.846. The zero-order valence-electron chi connectivity index (χ0n) is 11.4. The minimum absolute atomic E-state index is 0.0398. The molecule has 1 saturated heterocycles. The lowest BCUT2D eigenvalue weighted by Crippen LogP contribution is -2.55. The van der Waals surface area contributed by atoms with Crippen LogP contribution in [0.2, 0.25) is 0 Å². The van der Waals surface area contributed by atoms with Crippen LogP contribution in [0.15, 0.2) is 0 Å². The summed E-state index contributed by atoms with van der Waals surface area (Å²) in [6, 6.07) is 2.08. The maximum absolute atomic E-state index is 11.1. The Kier molecular flexibility index (Phi) is 4.36. The highest BCUT2D eigenvalue weighted by Crippen LogP contribution is 2.42. The summed E-state index contributed by atoms with van der Waals surface area (Å²) in [5, 5.41) is 17.9. The van der Waals surface area contributed by atoms with E-state index >= 15 is 0 Å². The van der Waals surface area contributed by atoms with Crippen molar-refractivity contribution in [3.8, 4) is 6.07 Å². The molecule has 0 aliphatic carbocycles. The maximum Gasteiger partial charge on any atom is 0.306 e. The van der Waals surface area contributed by atoms with E-state index in [2.05, 4.69) is 6.07 Å². The van der Waals surface area contributed by atoms with Crippen LogP contribution in [0.1, 0.15) is 47.0 Å². The first-order valence-electron chi connectivity index (χ1n) is 6.17. The Morgan fingerprint density at radius 3 is 2.61 bits per heavy atom. The van der Waals surface area contributed by atoms with E-state index in [1.165, 1.54) is 0 Å². The average Bonchev–Trinajstić information content (AvgIpc) is 2.13. The summed E-state index contributed by atoms with van der Waals surface area (Å²) in [6.45, 7) is 7.40. The molecule has 0 radical (unpaired) electrons. The largest absolute Gasteiger partial charge is 0.481 e. The lowest BCUT2D eigenvalue weighted by molar-refractivity contribution is -0.342. The Morgan fingerprint density at radius 2 is 2.17 bits per heavy atom. The Hall–Kier alpha value is -1.12. The number of hydrogen-bond acceptors (Lipinski definition) is 4. The molecule has 0 aromatic rings. The molecule has 1 aliphatic rings. The van der Waals surface area contributed by atoms with Gasteiger partial charge in [0, 0.05) is 6.42 Å². The number of carbonyl (C=O) groups is 1. The smallest absolute Gasteiger partial charge is 0.306 e. The van der Waals surface area contributed by atoms with Gasteiger partial charge in [0.2, 0.25) is 0 Å². The standard InChI is InChI=1S/C13H21NO4/c1-9(2)13(8-11(15)16)7-10(5-6-14)17-12(3,4)18-13/h9-10H,5,7-8H2,1-4H3,(H,15,16). The fourth-order valence-corrected chi connectivity index (χ4v) is 2.52. The summed E-state index contributed by atoms with van der Waals surface area (Å²) < 4.78 is 11.6. The van der Waals surface area contributed by atoms with Crippen molar-refractivity contribution in [2.24, 2.45) is 5.92 Å². The van der Waals surface area contributed by atoms with E-state index in [9.17, 15) is 4.79 Å². The van der Waals surface area contributed by atoms with E-state index in [1.807, 2.05) is 13.8 Å². The summed E-state index contributed by atoms with van der Waals surface area (Å²) in [5.41, 5.74) is -0.769. The number of nitrogens with zero attached hydrogens (tertiary/aromatic N) is 1. The van der Waals surface area contributed by atoms with Crippen LogP contribution in [0.5, 0.6) is 0 Å². The highest BCUT2D eigenvalue weighted by molar-refractivity contribution is 5.68. The van der Waals surface area contributed by atoms with Crippen molar-refractivity contribution in [2.45, 2.75) is 64.4 Å². The van der Waals surface area contributed by atoms with E-state index in [4.69, 9.17) is 19.8 Å². The SMILES string of the molecule is CC(C)C1(CC(=O)O)CC(CC#N)OC(C)(C)O1. The van der Waals surface area contributed by atoms with Gasteiger partial charge in [-0.1, -0.05) is 13.8 Å². The molecule has 2 unspecified atom stereocenters. The van der Waals surface area contributed by atoms with Crippen molar-refractivity contribution in [1.82, 2.24) is 0 Å². The van der Waals surface area contributed by atoms with Crippen LogP contribution in [-0.4, -0.2) is 28.6 Å². The second-order valence-electron chi connectivity index (χ2n) is 5.60. The second-order valence-corrected chi connectivity index (χ2v) is 5.60. The summed E-state index contributed by atoms with van der Waals surface area (Å²) in [5.74, 6) is -1.71. The maximum atomic E-state index is 11.1. The molecular formula is C13H21NO4. The van der Waals surface area contributed by atoms with Crippen LogP contribution >= 0.6 is 0 Å². The van der Waals surface area contributed by atoms with E-state index in [0.717, 1.165) is 0 Å². The molecule has 0 aromatic heterocycles. The predicted octanol–water partition coefficient (Wildman–Crippen LogP) is 2.31. The molecule has 0 saturated carbocycles. The molecule has 18 heavy (non-hydrogen) atoms. The Labute approximate surface area is 108 Å². The number of aliphatic carboxylic acids is 1. The molecule has 5 nitrogen and oxygen atoms in total. The van der Waals surface area contributed by atoms with Gasteiger partial charge in [-0.3, -0.25) is 4.79 Å². The van der Waals surface area contributed by atoms with Gasteiger partial charge in [0.15, 0.2) is 5.79 Å². The molecule has 1 rings (SSSR count). The summed E-state index contributed by atoms with van der Waals surface area (Å²) in [7, 11) is 0. The van der Waals surface area contributed by atoms with Crippen molar-refractivity contribution in [3.05, 3.63) is 0 Å². The van der Waals surface area contributed by atoms with E-state index < -0.39 is 17.4 Å². The summed E-state index contributed by atoms with van der Waals surface area (Å²) in [6.07, 6.45) is 0.342. The Balaban J connectivity index is 3.01. The highest BCUT2D eigenvalue weighted by Gasteiger charge is 2.48. The monoisotopic (exact) mass is 255 g/mol. The van der Waals surface area contributed by atoms with Crippen molar-refractivity contribution < 1.29 is 19.4 Å². The molecule has 0 spiro atoms. The summed E-state index contributed by atoms with van der Waals surface area (Å²) >= 11 is 0. The molecule has 0 amide bonds. The van der Waals surface area contributed by atoms with Crippen molar-refractivity contribution in [2.75, 3.05) is 0 Å². The number of carboxylic acids is 1. The van der Waals surface area contributed by atoms with Gasteiger partial charge < -0.3 is 14.6 Å². The molecule has 1 fully saturated rings. The van der Waals surface area contributed by atoms with Gasteiger partial charge in [0.05, 0.1) is 30.6 Å². The minimum Gasteiger partial charge on any atom is -0.481 e. The topological polar surface area (TPSA) is 79.5 Å². The van der Waals surface area contributed by atoms with Gasteiger partial charge in [-0.2, -0.15) is 5.26 Å². The molecule has 0 aromatic carbocycles. The predicted molar refractivity (Wildman–Crippen MR) is 64.7 cm³/mol. The third-order valence-corrected chi connectivity index (χ3v) is 3.29. The number of ether oxygens (including phenoxy) is 2. The first-order chi connectivity index (χ1) is 8.21. The Bertz CT molecular complexity index is 358. The number of nitriles is 1. The minimum atomic E-state index is -0.892. The van der Waals surface area contributed by atoms with Gasteiger partial charge in [0.25, 0.3) is 0 Å². The third kappa shape index (κ3) is 3.44. The molecule has 2 atom stereocenters. The fourth-order valence-electron chi connectivity index (χ4n) is 2.52. The van der Waals surface area contributed by atoms with Crippen LogP contribution in [0.3, 0.4) is 0 Å². The normalized spacial score (nSPS) is 31.0. The van der Waals surface area contributed by atoms with Gasteiger partial charge in [-0.15, -0.1) is 0 Å². The molecule has 5 heteroatoms. The molecule has 1 N–H and O–H groups in total. The van der Waals surface area contributed by atoms with Crippen molar-refractivity contribution in [1.29, 1.82) is 5.26 Å². The van der Waals surface area contributed by atoms with Gasteiger partial charge in [0.1, 0.15) is 0 Å². The number of rotatable bonds is 4. The zero-order valence-corrected chi connectivity index (χ0v) is 11.4. The van der Waals surface area contributed by atoms with E-state index in [-0.39, 0.29) is 24.9 Å². The van der Waals surface area contributed by atoms with Crippen LogP contribution in [0.25, 0.3) is 0 Å². The number of hydrogen-bond donors (Lipinski definition) is 1. The van der Waals surface area contributed by atoms with Crippen LogP contribution < -0.4 is 0 Å². The lowest BCUT2D eigenvalue weighted by Gasteiger charge is -2.49. The van der Waals surface area contributed by atoms with Crippen LogP contribution in [0, 0.1) is 17.2 Å². The second kappa shape index (κ2) is 5.25. The van der Waals surface area contributed by atoms with E-state index in [1.54, 1.807) is 13.8 Å². The van der Waals surface area contributed by atoms with Crippen molar-refractivity contribution in [3.63, 3.8) is 0 Å². The van der Waals surface area contributed by atoms with E-state index in [0.29, 0.717) is 6.42 Å². The van der Waals surface area contributed by atoms with Crippen LogP contribution in [-0.2, 0) is 14.3 Å². The Morgan fingerprint density at radius 1 is 1.56 bits per heavy atom. The van der Waals surface area contributed by atoms with Gasteiger partial charge in [-0.25, -0.2) is 0 Å². The molecule has 1 heterocycles. The lowest BCUT2D eigenvalue weighted by atomic mass is 9.80. The summed E-state index contributed by atoms with van der Waals surface area (Å²) in [4.78, 5) is 11.1.